The molecule has 1 amide bonds. The normalized spacial score (nSPS) is 21.0. The summed E-state index contributed by atoms with van der Waals surface area (Å²) in [6.45, 7) is 7.19. The minimum Gasteiger partial charge on any atom is -0.477 e. The highest BCUT2D eigenvalue weighted by Gasteiger charge is 2.40. The third-order valence-electron chi connectivity index (χ3n) is 5.67. The number of carboxylic acids is 1. The van der Waals surface area contributed by atoms with Crippen LogP contribution in [0.3, 0.4) is 0 Å². The summed E-state index contributed by atoms with van der Waals surface area (Å²) >= 11 is 1.16. The van der Waals surface area contributed by atoms with E-state index in [1.54, 1.807) is 11.0 Å². The summed E-state index contributed by atoms with van der Waals surface area (Å²) in [5, 5.41) is 9.86. The van der Waals surface area contributed by atoms with Gasteiger partial charge in [0.25, 0.3) is 0 Å². The first kappa shape index (κ1) is 23.0. The number of rotatable bonds is 6. The number of aromatic carboxylic acids is 1. The highest BCUT2D eigenvalue weighted by molar-refractivity contribution is 7.18. The summed E-state index contributed by atoms with van der Waals surface area (Å²) in [5.74, 6) is -1.77. The number of carbonyl (C=O) groups excluding carboxylic acids is 2. The molecule has 3 rings (SSSR count). The second-order valence-corrected chi connectivity index (χ2v) is 9.52. The lowest BCUT2D eigenvalue weighted by atomic mass is 9.79. The number of thiophene rings is 1. The van der Waals surface area contributed by atoms with Crippen molar-refractivity contribution in [1.82, 2.24) is 0 Å². The van der Waals surface area contributed by atoms with Crippen molar-refractivity contribution in [2.45, 2.75) is 59.1 Å². The molecule has 1 fully saturated rings. The van der Waals surface area contributed by atoms with Crippen LogP contribution in [-0.4, -0.2) is 35.1 Å². The molecular formula is C24H29NO5S. The van der Waals surface area contributed by atoms with Crippen LogP contribution in [0.4, 0.5) is 5.69 Å². The molecule has 7 heteroatoms. The monoisotopic (exact) mass is 443 g/mol. The lowest BCUT2D eigenvalue weighted by molar-refractivity contribution is -0.154. The first-order valence-electron chi connectivity index (χ1n) is 10.6. The first-order chi connectivity index (χ1) is 14.7. The Balaban J connectivity index is 2.01. The van der Waals surface area contributed by atoms with Gasteiger partial charge in [0.15, 0.2) is 0 Å². The van der Waals surface area contributed by atoms with Crippen molar-refractivity contribution in [2.24, 2.45) is 11.8 Å². The minimum absolute atomic E-state index is 0.133. The molecule has 0 aliphatic heterocycles. The molecule has 1 heterocycles. The molecule has 6 nitrogen and oxygen atoms in total. The van der Waals surface area contributed by atoms with Crippen molar-refractivity contribution < 1.29 is 24.2 Å². The maximum atomic E-state index is 13.7. The Labute approximate surface area is 186 Å². The van der Waals surface area contributed by atoms with E-state index in [9.17, 15) is 19.5 Å². The minimum atomic E-state index is -1.06. The smallest absolute Gasteiger partial charge is 0.348 e. The number of esters is 1. The number of hydrogen-bond acceptors (Lipinski definition) is 5. The zero-order valence-corrected chi connectivity index (χ0v) is 19.1. The zero-order valence-electron chi connectivity index (χ0n) is 18.3. The molecular weight excluding hydrogens is 414 g/mol. The van der Waals surface area contributed by atoms with E-state index in [2.05, 4.69) is 6.92 Å². The standard InChI is InChI=1S/C24H29NO5S/c1-14(2)25(23(27)18-11-10-15(3)12-20(18)30-16(4)26)19-13-21(31-22(19)24(28)29)17-8-6-5-7-9-17/h5-9,13-15,18,20H,10-12H2,1-4H3,(H,28,29). The number of benzene rings is 1. The fourth-order valence-corrected chi connectivity index (χ4v) is 5.24. The molecule has 2 aromatic rings. The van der Waals surface area contributed by atoms with Gasteiger partial charge in [-0.25, -0.2) is 4.79 Å². The van der Waals surface area contributed by atoms with E-state index in [1.807, 2.05) is 44.2 Å². The van der Waals surface area contributed by atoms with Crippen molar-refractivity contribution in [3.05, 3.63) is 41.3 Å². The average Bonchev–Trinajstić information content (AvgIpc) is 3.13. The molecule has 0 bridgehead atoms. The zero-order chi connectivity index (χ0) is 22.7. The number of amides is 1. The maximum Gasteiger partial charge on any atom is 0.348 e. The number of nitrogens with zero attached hydrogens (tertiary/aromatic N) is 1. The lowest BCUT2D eigenvalue weighted by Crippen LogP contribution is -2.48. The van der Waals surface area contributed by atoms with Crippen LogP contribution in [0.25, 0.3) is 10.4 Å². The molecule has 0 radical (unpaired) electrons. The van der Waals surface area contributed by atoms with Crippen molar-refractivity contribution in [1.29, 1.82) is 0 Å². The van der Waals surface area contributed by atoms with E-state index in [0.29, 0.717) is 24.4 Å². The summed E-state index contributed by atoms with van der Waals surface area (Å²) in [6, 6.07) is 11.1. The summed E-state index contributed by atoms with van der Waals surface area (Å²) in [6.07, 6.45) is 1.62. The Morgan fingerprint density at radius 1 is 1.16 bits per heavy atom. The van der Waals surface area contributed by atoms with Crippen LogP contribution < -0.4 is 4.90 Å². The fourth-order valence-electron chi connectivity index (χ4n) is 4.24. The van der Waals surface area contributed by atoms with E-state index in [1.165, 1.54) is 6.92 Å². The van der Waals surface area contributed by atoms with Gasteiger partial charge in [0.1, 0.15) is 11.0 Å². The average molecular weight is 444 g/mol. The molecule has 0 saturated heterocycles. The topological polar surface area (TPSA) is 83.9 Å². The SMILES string of the molecule is CC(=O)OC1CC(C)CCC1C(=O)N(c1cc(-c2ccccc2)sc1C(=O)O)C(C)C. The summed E-state index contributed by atoms with van der Waals surface area (Å²) in [5.41, 5.74) is 1.30. The summed E-state index contributed by atoms with van der Waals surface area (Å²) in [4.78, 5) is 39.9. The van der Waals surface area contributed by atoms with E-state index in [-0.39, 0.29) is 16.8 Å². The summed E-state index contributed by atoms with van der Waals surface area (Å²) < 4.78 is 5.51. The third-order valence-corrected chi connectivity index (χ3v) is 6.83. The van der Waals surface area contributed by atoms with Gasteiger partial charge < -0.3 is 14.7 Å². The Bertz CT molecular complexity index is 952. The van der Waals surface area contributed by atoms with Gasteiger partial charge in [-0.05, 0) is 50.7 Å². The molecule has 1 N–H and O–H groups in total. The number of anilines is 1. The van der Waals surface area contributed by atoms with E-state index < -0.39 is 24.0 Å². The molecule has 3 atom stereocenters. The van der Waals surface area contributed by atoms with Gasteiger partial charge in [-0.15, -0.1) is 11.3 Å². The van der Waals surface area contributed by atoms with Gasteiger partial charge in [0.05, 0.1) is 11.6 Å². The Hall–Kier alpha value is -2.67. The van der Waals surface area contributed by atoms with E-state index in [0.717, 1.165) is 28.2 Å². The van der Waals surface area contributed by atoms with Gasteiger partial charge >= 0.3 is 11.9 Å². The Morgan fingerprint density at radius 2 is 1.84 bits per heavy atom. The molecule has 1 aromatic heterocycles. The van der Waals surface area contributed by atoms with Crippen molar-refractivity contribution >= 4 is 34.9 Å². The maximum absolute atomic E-state index is 13.7. The van der Waals surface area contributed by atoms with Crippen LogP contribution in [0, 0.1) is 11.8 Å². The van der Waals surface area contributed by atoms with E-state index in [4.69, 9.17) is 4.74 Å². The quantitative estimate of drug-likeness (QED) is 0.619. The number of hydrogen-bond donors (Lipinski definition) is 1. The molecule has 3 unspecified atom stereocenters. The summed E-state index contributed by atoms with van der Waals surface area (Å²) in [7, 11) is 0. The van der Waals surface area contributed by atoms with Crippen molar-refractivity contribution in [2.75, 3.05) is 4.90 Å². The molecule has 1 saturated carbocycles. The number of ether oxygens (including phenoxy) is 1. The molecule has 166 valence electrons. The highest BCUT2D eigenvalue weighted by atomic mass is 32.1. The second kappa shape index (κ2) is 9.64. The highest BCUT2D eigenvalue weighted by Crippen LogP contribution is 2.40. The largest absolute Gasteiger partial charge is 0.477 e. The molecule has 1 aliphatic carbocycles. The third kappa shape index (κ3) is 5.15. The van der Waals surface area contributed by atoms with Gasteiger partial charge in [-0.1, -0.05) is 37.3 Å². The van der Waals surface area contributed by atoms with Gasteiger partial charge in [0.2, 0.25) is 5.91 Å². The van der Waals surface area contributed by atoms with Crippen LogP contribution in [-0.2, 0) is 14.3 Å². The molecule has 1 aliphatic rings. The lowest BCUT2D eigenvalue weighted by Gasteiger charge is -2.37. The van der Waals surface area contributed by atoms with Crippen LogP contribution in [0.15, 0.2) is 36.4 Å². The predicted octanol–water partition coefficient (Wildman–Crippen LogP) is 5.22. The van der Waals surface area contributed by atoms with Crippen LogP contribution in [0.5, 0.6) is 0 Å². The van der Waals surface area contributed by atoms with Crippen molar-refractivity contribution in [3.63, 3.8) is 0 Å². The fraction of sp³-hybridized carbons (Fsp3) is 0.458. The van der Waals surface area contributed by atoms with E-state index >= 15 is 0 Å². The van der Waals surface area contributed by atoms with Crippen LogP contribution in [0.2, 0.25) is 0 Å². The predicted molar refractivity (Wildman–Crippen MR) is 121 cm³/mol. The van der Waals surface area contributed by atoms with Crippen LogP contribution in [0.1, 0.15) is 56.6 Å². The first-order valence-corrected chi connectivity index (χ1v) is 11.4. The molecule has 1 aromatic carbocycles. The molecule has 31 heavy (non-hydrogen) atoms. The van der Waals surface area contributed by atoms with Gasteiger partial charge in [0, 0.05) is 17.8 Å². The second-order valence-electron chi connectivity index (χ2n) is 8.47. The molecule has 0 spiro atoms. The Kier molecular flexibility index (Phi) is 7.15. The van der Waals surface area contributed by atoms with Crippen molar-refractivity contribution in [3.8, 4) is 10.4 Å². The Morgan fingerprint density at radius 3 is 2.42 bits per heavy atom. The van der Waals surface area contributed by atoms with Gasteiger partial charge in [-0.3, -0.25) is 9.59 Å². The van der Waals surface area contributed by atoms with Crippen LogP contribution >= 0.6 is 11.3 Å². The van der Waals surface area contributed by atoms with Gasteiger partial charge in [-0.2, -0.15) is 0 Å². The number of carboxylic acid groups (broad SMARTS) is 1. The number of carbonyl (C=O) groups is 3.